The van der Waals surface area contributed by atoms with Gasteiger partial charge in [-0.3, -0.25) is 9.80 Å². The van der Waals surface area contributed by atoms with E-state index in [0.29, 0.717) is 6.61 Å². The molecule has 1 aliphatic heterocycles. The summed E-state index contributed by atoms with van der Waals surface area (Å²) in [6.45, 7) is 12.9. The first-order chi connectivity index (χ1) is 18.3. The first kappa shape index (κ1) is 27.0. The zero-order valence-electron chi connectivity index (χ0n) is 22.5. The Hall–Kier alpha value is -2.58. The number of fused-ring (bicyclic) bond motifs is 1. The highest BCUT2D eigenvalue weighted by atomic mass is 79.9. The van der Waals surface area contributed by atoms with Crippen molar-refractivity contribution in [2.75, 3.05) is 46.4 Å². The summed E-state index contributed by atoms with van der Waals surface area (Å²) in [5.41, 5.74) is 1.36. The molecule has 5 nitrogen and oxygen atoms in total. The third-order valence-electron chi connectivity index (χ3n) is 7.00. The van der Waals surface area contributed by atoms with Crippen molar-refractivity contribution in [3.8, 4) is 33.4 Å². The van der Waals surface area contributed by atoms with E-state index in [1.54, 1.807) is 18.4 Å². The van der Waals surface area contributed by atoms with Crippen LogP contribution < -0.4 is 14.2 Å². The molecule has 1 fully saturated rings. The predicted octanol–water partition coefficient (Wildman–Crippen LogP) is 7.93. The van der Waals surface area contributed by atoms with Crippen molar-refractivity contribution in [2.24, 2.45) is 0 Å². The van der Waals surface area contributed by atoms with Crippen molar-refractivity contribution < 1.29 is 14.2 Å². The van der Waals surface area contributed by atoms with Crippen molar-refractivity contribution in [3.63, 3.8) is 0 Å². The highest BCUT2D eigenvalue weighted by Crippen LogP contribution is 2.47. The van der Waals surface area contributed by atoms with Gasteiger partial charge in [-0.2, -0.15) is 0 Å². The molecule has 7 heteroatoms. The standard InChI is InChI=1S/C31H35BrN2O3S/c1-31(2,3)34-17-15-33(16-18-34)19-20-36-24-9-11-25(12-10-24)37-29-27-14-13-26(35-4)21-28(27)38-30(29)22-5-7-23(32)8-6-22/h5-14,21H,15-20H2,1-4H3. The first-order valence-corrected chi connectivity index (χ1v) is 14.7. The van der Waals surface area contributed by atoms with Crippen molar-refractivity contribution in [2.45, 2.75) is 26.3 Å². The number of hydrogen-bond acceptors (Lipinski definition) is 6. The van der Waals surface area contributed by atoms with Gasteiger partial charge in [0.1, 0.15) is 23.9 Å². The Labute approximate surface area is 238 Å². The molecule has 0 N–H and O–H groups in total. The van der Waals surface area contributed by atoms with E-state index in [0.717, 1.165) is 80.7 Å². The molecule has 1 aliphatic rings. The van der Waals surface area contributed by atoms with Gasteiger partial charge in [-0.15, -0.1) is 11.3 Å². The second-order valence-corrected chi connectivity index (χ2v) is 12.5. The molecule has 4 aromatic rings. The monoisotopic (exact) mass is 594 g/mol. The van der Waals surface area contributed by atoms with Crippen molar-refractivity contribution in [1.82, 2.24) is 9.80 Å². The van der Waals surface area contributed by atoms with Gasteiger partial charge in [0.2, 0.25) is 0 Å². The summed E-state index contributed by atoms with van der Waals surface area (Å²) in [5, 5.41) is 1.07. The molecule has 200 valence electrons. The van der Waals surface area contributed by atoms with Gasteiger partial charge >= 0.3 is 0 Å². The van der Waals surface area contributed by atoms with Gasteiger partial charge in [0.15, 0.2) is 5.75 Å². The summed E-state index contributed by atoms with van der Waals surface area (Å²) >= 11 is 5.25. The summed E-state index contributed by atoms with van der Waals surface area (Å²) in [7, 11) is 1.69. The average molecular weight is 596 g/mol. The molecule has 2 heterocycles. The molecule has 0 radical (unpaired) electrons. The molecule has 3 aromatic carbocycles. The lowest BCUT2D eigenvalue weighted by atomic mass is 10.1. The smallest absolute Gasteiger partial charge is 0.153 e. The maximum Gasteiger partial charge on any atom is 0.153 e. The van der Waals surface area contributed by atoms with Gasteiger partial charge in [0, 0.05) is 52.8 Å². The number of hydrogen-bond donors (Lipinski definition) is 0. The van der Waals surface area contributed by atoms with Crippen LogP contribution in [0.1, 0.15) is 20.8 Å². The summed E-state index contributed by atoms with van der Waals surface area (Å²) in [4.78, 5) is 6.13. The molecule has 5 rings (SSSR count). The number of thiophene rings is 1. The molecular formula is C31H35BrN2O3S. The van der Waals surface area contributed by atoms with Crippen LogP contribution in [0.3, 0.4) is 0 Å². The van der Waals surface area contributed by atoms with E-state index < -0.39 is 0 Å². The van der Waals surface area contributed by atoms with Crippen LogP contribution in [0.4, 0.5) is 0 Å². The van der Waals surface area contributed by atoms with E-state index in [1.165, 1.54) is 0 Å². The SMILES string of the molecule is COc1ccc2c(Oc3ccc(OCCN4CCN(C(C)(C)C)CC4)cc3)c(-c3ccc(Br)cc3)sc2c1. The highest BCUT2D eigenvalue weighted by Gasteiger charge is 2.25. The molecule has 0 atom stereocenters. The van der Waals surface area contributed by atoms with Crippen LogP contribution in [0.5, 0.6) is 23.0 Å². The predicted molar refractivity (Wildman–Crippen MR) is 161 cm³/mol. The van der Waals surface area contributed by atoms with Gasteiger partial charge in [-0.1, -0.05) is 28.1 Å². The van der Waals surface area contributed by atoms with Gasteiger partial charge in [-0.25, -0.2) is 0 Å². The number of halogens is 1. The fourth-order valence-electron chi connectivity index (χ4n) is 4.73. The van der Waals surface area contributed by atoms with E-state index in [2.05, 4.69) is 82.9 Å². The van der Waals surface area contributed by atoms with E-state index >= 15 is 0 Å². The summed E-state index contributed by atoms with van der Waals surface area (Å²) in [6, 6.07) is 22.4. The van der Waals surface area contributed by atoms with E-state index in [-0.39, 0.29) is 5.54 Å². The van der Waals surface area contributed by atoms with Crippen LogP contribution in [0.2, 0.25) is 0 Å². The maximum atomic E-state index is 6.50. The largest absolute Gasteiger partial charge is 0.497 e. The van der Waals surface area contributed by atoms with Crippen molar-refractivity contribution >= 4 is 37.4 Å². The fourth-order valence-corrected chi connectivity index (χ4v) is 6.16. The second-order valence-electron chi connectivity index (χ2n) is 10.6. The van der Waals surface area contributed by atoms with E-state index in [9.17, 15) is 0 Å². The second kappa shape index (κ2) is 11.7. The lowest BCUT2D eigenvalue weighted by Gasteiger charge is -2.42. The first-order valence-electron chi connectivity index (χ1n) is 13.0. The Balaban J connectivity index is 1.25. The lowest BCUT2D eigenvalue weighted by Crippen LogP contribution is -2.53. The molecule has 0 aliphatic carbocycles. The zero-order valence-corrected chi connectivity index (χ0v) is 24.9. The average Bonchev–Trinajstić information content (AvgIpc) is 3.27. The Morgan fingerprint density at radius 3 is 2.16 bits per heavy atom. The van der Waals surface area contributed by atoms with Crippen LogP contribution in [-0.2, 0) is 0 Å². The summed E-state index contributed by atoms with van der Waals surface area (Å²) in [5.74, 6) is 3.34. The van der Waals surface area contributed by atoms with Gasteiger partial charge < -0.3 is 14.2 Å². The van der Waals surface area contributed by atoms with Crippen molar-refractivity contribution in [3.05, 3.63) is 71.2 Å². The van der Waals surface area contributed by atoms with Crippen LogP contribution in [0, 0.1) is 0 Å². The van der Waals surface area contributed by atoms with Gasteiger partial charge in [0.25, 0.3) is 0 Å². The van der Waals surface area contributed by atoms with Crippen LogP contribution in [0.15, 0.2) is 71.2 Å². The van der Waals surface area contributed by atoms with E-state index in [1.807, 2.05) is 30.3 Å². The number of benzene rings is 3. The highest BCUT2D eigenvalue weighted by molar-refractivity contribution is 9.10. The Morgan fingerprint density at radius 2 is 1.50 bits per heavy atom. The molecule has 1 saturated heterocycles. The number of rotatable bonds is 8. The molecule has 0 amide bonds. The summed E-state index contributed by atoms with van der Waals surface area (Å²) in [6.07, 6.45) is 0. The van der Waals surface area contributed by atoms with E-state index in [4.69, 9.17) is 14.2 Å². The van der Waals surface area contributed by atoms with Gasteiger partial charge in [-0.05, 0) is 80.9 Å². The number of piperazine rings is 1. The zero-order chi connectivity index (χ0) is 26.7. The summed E-state index contributed by atoms with van der Waals surface area (Å²) < 4.78 is 20.2. The fraction of sp³-hybridized carbons (Fsp3) is 0.355. The quantitative estimate of drug-likeness (QED) is 0.207. The van der Waals surface area contributed by atoms with Crippen LogP contribution in [-0.4, -0.2) is 61.8 Å². The Bertz CT molecular complexity index is 1360. The minimum atomic E-state index is 0.244. The molecule has 1 aromatic heterocycles. The molecule has 38 heavy (non-hydrogen) atoms. The van der Waals surface area contributed by atoms with Crippen LogP contribution in [0.25, 0.3) is 20.5 Å². The molecule has 0 bridgehead atoms. The molecule has 0 saturated carbocycles. The number of methoxy groups -OCH3 is 1. The van der Waals surface area contributed by atoms with Gasteiger partial charge in [0.05, 0.1) is 12.0 Å². The minimum Gasteiger partial charge on any atom is -0.497 e. The van der Waals surface area contributed by atoms with Crippen LogP contribution >= 0.6 is 27.3 Å². The van der Waals surface area contributed by atoms with Crippen molar-refractivity contribution in [1.29, 1.82) is 0 Å². The molecular weight excluding hydrogens is 560 g/mol. The number of nitrogens with zero attached hydrogens (tertiary/aromatic N) is 2. The molecule has 0 spiro atoms. The topological polar surface area (TPSA) is 34.2 Å². The third kappa shape index (κ3) is 6.34. The maximum absolute atomic E-state index is 6.50. The molecule has 0 unspecified atom stereocenters. The lowest BCUT2D eigenvalue weighted by molar-refractivity contribution is 0.0564. The Kier molecular flexibility index (Phi) is 8.29. The minimum absolute atomic E-state index is 0.244. The number of ether oxygens (including phenoxy) is 3. The normalized spacial score (nSPS) is 15.1. The third-order valence-corrected chi connectivity index (χ3v) is 8.71. The Morgan fingerprint density at radius 1 is 0.842 bits per heavy atom.